The van der Waals surface area contributed by atoms with Gasteiger partial charge in [-0.1, -0.05) is 6.07 Å². The Hall–Kier alpha value is -2.16. The van der Waals surface area contributed by atoms with Gasteiger partial charge in [-0.15, -0.1) is 11.3 Å². The number of hydrogen-bond donors (Lipinski definition) is 0. The fourth-order valence-electron chi connectivity index (χ4n) is 2.60. The highest BCUT2D eigenvalue weighted by Gasteiger charge is 2.22. The van der Waals surface area contributed by atoms with Gasteiger partial charge >= 0.3 is 0 Å². The summed E-state index contributed by atoms with van der Waals surface area (Å²) in [6, 6.07) is 13.2. The first kappa shape index (κ1) is 14.8. The summed E-state index contributed by atoms with van der Waals surface area (Å²) >= 11 is 1.78. The minimum Gasteiger partial charge on any atom is -0.336 e. The van der Waals surface area contributed by atoms with Gasteiger partial charge in [0.05, 0.1) is 11.6 Å². The number of thiophene rings is 1. The van der Waals surface area contributed by atoms with Gasteiger partial charge < -0.3 is 4.90 Å². The molecule has 112 valence electrons. The summed E-state index contributed by atoms with van der Waals surface area (Å²) < 4.78 is 0. The lowest BCUT2D eigenvalue weighted by Gasteiger charge is -2.34. The largest absolute Gasteiger partial charge is 0.336 e. The van der Waals surface area contributed by atoms with Crippen LogP contribution in [0.5, 0.6) is 0 Å². The molecule has 0 atom stereocenters. The Morgan fingerprint density at radius 1 is 1.14 bits per heavy atom. The average molecular weight is 311 g/mol. The van der Waals surface area contributed by atoms with Gasteiger partial charge in [0.25, 0.3) is 5.91 Å². The molecule has 5 heteroatoms. The van der Waals surface area contributed by atoms with Crippen LogP contribution in [0.1, 0.15) is 20.8 Å². The molecule has 1 saturated heterocycles. The van der Waals surface area contributed by atoms with E-state index >= 15 is 0 Å². The number of rotatable bonds is 3. The molecule has 3 rings (SSSR count). The smallest absolute Gasteiger partial charge is 0.253 e. The van der Waals surface area contributed by atoms with Crippen molar-refractivity contribution in [1.29, 1.82) is 5.26 Å². The molecule has 0 saturated carbocycles. The van der Waals surface area contributed by atoms with E-state index in [0.29, 0.717) is 11.1 Å². The highest BCUT2D eigenvalue weighted by Crippen LogP contribution is 2.15. The number of benzene rings is 1. The molecule has 0 bridgehead atoms. The minimum atomic E-state index is 0.0558. The summed E-state index contributed by atoms with van der Waals surface area (Å²) in [5.41, 5.74) is 1.24. The van der Waals surface area contributed by atoms with Crippen molar-refractivity contribution in [3.8, 4) is 6.07 Å². The highest BCUT2D eigenvalue weighted by molar-refractivity contribution is 7.09. The van der Waals surface area contributed by atoms with E-state index in [1.807, 2.05) is 4.90 Å². The molecular weight excluding hydrogens is 294 g/mol. The molecule has 1 fully saturated rings. The van der Waals surface area contributed by atoms with Crippen molar-refractivity contribution >= 4 is 17.2 Å². The van der Waals surface area contributed by atoms with Gasteiger partial charge in [0, 0.05) is 43.2 Å². The minimum absolute atomic E-state index is 0.0558. The first-order valence-corrected chi connectivity index (χ1v) is 8.18. The number of hydrogen-bond acceptors (Lipinski definition) is 4. The van der Waals surface area contributed by atoms with Gasteiger partial charge in [-0.05, 0) is 35.7 Å². The topological polar surface area (TPSA) is 47.3 Å². The van der Waals surface area contributed by atoms with E-state index in [1.54, 1.807) is 35.6 Å². The predicted molar refractivity (Wildman–Crippen MR) is 86.7 cm³/mol. The van der Waals surface area contributed by atoms with Gasteiger partial charge in [0.1, 0.15) is 0 Å². The number of piperazine rings is 1. The van der Waals surface area contributed by atoms with Crippen LogP contribution in [-0.4, -0.2) is 41.9 Å². The van der Waals surface area contributed by atoms with Gasteiger partial charge in [-0.3, -0.25) is 9.69 Å². The summed E-state index contributed by atoms with van der Waals surface area (Å²) in [7, 11) is 0. The Morgan fingerprint density at radius 2 is 1.86 bits per heavy atom. The van der Waals surface area contributed by atoms with E-state index < -0.39 is 0 Å². The molecule has 1 aromatic heterocycles. The summed E-state index contributed by atoms with van der Waals surface area (Å²) in [6.45, 7) is 4.28. The van der Waals surface area contributed by atoms with E-state index in [1.165, 1.54) is 4.88 Å². The van der Waals surface area contributed by atoms with Gasteiger partial charge in [-0.25, -0.2) is 0 Å². The predicted octanol–water partition coefficient (Wildman–Crippen LogP) is 2.58. The number of carbonyl (C=O) groups excluding carboxylic acids is 1. The van der Waals surface area contributed by atoms with E-state index in [-0.39, 0.29) is 5.91 Å². The summed E-state index contributed by atoms with van der Waals surface area (Å²) in [6.07, 6.45) is 0. The van der Waals surface area contributed by atoms with Crippen LogP contribution in [0, 0.1) is 11.3 Å². The standard InChI is InChI=1S/C17H17N3OS/c18-12-14-3-5-15(6-4-14)17(21)20-9-7-19(8-10-20)13-16-2-1-11-22-16/h1-6,11H,7-10,13H2. The zero-order valence-corrected chi connectivity index (χ0v) is 13.1. The molecule has 22 heavy (non-hydrogen) atoms. The SMILES string of the molecule is N#Cc1ccc(C(=O)N2CCN(Cc3cccs3)CC2)cc1. The first-order chi connectivity index (χ1) is 10.8. The Kier molecular flexibility index (Phi) is 4.52. The van der Waals surface area contributed by atoms with Crippen LogP contribution in [0.25, 0.3) is 0 Å². The van der Waals surface area contributed by atoms with Gasteiger partial charge in [-0.2, -0.15) is 5.26 Å². The molecule has 2 aromatic rings. The van der Waals surface area contributed by atoms with Crippen molar-refractivity contribution in [2.24, 2.45) is 0 Å². The van der Waals surface area contributed by atoms with Crippen molar-refractivity contribution in [3.05, 3.63) is 57.8 Å². The Balaban J connectivity index is 1.56. The van der Waals surface area contributed by atoms with Crippen molar-refractivity contribution in [1.82, 2.24) is 9.80 Å². The third-order valence-corrected chi connectivity index (χ3v) is 4.74. The molecule has 1 aliphatic rings. The maximum absolute atomic E-state index is 12.4. The quantitative estimate of drug-likeness (QED) is 0.875. The van der Waals surface area contributed by atoms with Crippen LogP contribution in [0.2, 0.25) is 0 Å². The lowest BCUT2D eigenvalue weighted by molar-refractivity contribution is 0.0629. The molecular formula is C17H17N3OS. The fourth-order valence-corrected chi connectivity index (χ4v) is 3.35. The lowest BCUT2D eigenvalue weighted by Crippen LogP contribution is -2.48. The summed E-state index contributed by atoms with van der Waals surface area (Å²) in [5, 5.41) is 10.9. The van der Waals surface area contributed by atoms with Crippen molar-refractivity contribution < 1.29 is 4.79 Å². The second-order valence-electron chi connectivity index (χ2n) is 5.34. The highest BCUT2D eigenvalue weighted by atomic mass is 32.1. The van der Waals surface area contributed by atoms with Crippen LogP contribution < -0.4 is 0 Å². The van der Waals surface area contributed by atoms with Crippen LogP contribution >= 0.6 is 11.3 Å². The van der Waals surface area contributed by atoms with Crippen LogP contribution in [-0.2, 0) is 6.54 Å². The molecule has 0 unspecified atom stereocenters. The van der Waals surface area contributed by atoms with E-state index in [9.17, 15) is 4.79 Å². The van der Waals surface area contributed by atoms with Gasteiger partial charge in [0.15, 0.2) is 0 Å². The number of amides is 1. The normalized spacial score (nSPS) is 15.5. The monoisotopic (exact) mass is 311 g/mol. The molecule has 1 amide bonds. The Bertz CT molecular complexity index is 665. The third kappa shape index (κ3) is 3.35. The van der Waals surface area contributed by atoms with Crippen molar-refractivity contribution in [3.63, 3.8) is 0 Å². The fraction of sp³-hybridized carbons (Fsp3) is 0.294. The van der Waals surface area contributed by atoms with Gasteiger partial charge in [0.2, 0.25) is 0 Å². The molecule has 0 radical (unpaired) electrons. The number of nitriles is 1. The Labute approximate surface area is 134 Å². The molecule has 4 nitrogen and oxygen atoms in total. The molecule has 1 aliphatic heterocycles. The summed E-state index contributed by atoms with van der Waals surface area (Å²) in [5.74, 6) is 0.0558. The lowest BCUT2D eigenvalue weighted by atomic mass is 10.1. The van der Waals surface area contributed by atoms with E-state index in [4.69, 9.17) is 5.26 Å². The van der Waals surface area contributed by atoms with Crippen LogP contribution in [0.3, 0.4) is 0 Å². The maximum Gasteiger partial charge on any atom is 0.253 e. The zero-order valence-electron chi connectivity index (χ0n) is 12.2. The summed E-state index contributed by atoms with van der Waals surface area (Å²) in [4.78, 5) is 18.1. The first-order valence-electron chi connectivity index (χ1n) is 7.30. The molecule has 2 heterocycles. The van der Waals surface area contributed by atoms with Crippen LogP contribution in [0.4, 0.5) is 0 Å². The maximum atomic E-state index is 12.4. The van der Waals surface area contributed by atoms with Crippen LogP contribution in [0.15, 0.2) is 41.8 Å². The molecule has 0 N–H and O–H groups in total. The van der Waals surface area contributed by atoms with E-state index in [0.717, 1.165) is 32.7 Å². The van der Waals surface area contributed by atoms with Crippen molar-refractivity contribution in [2.75, 3.05) is 26.2 Å². The number of carbonyl (C=O) groups is 1. The van der Waals surface area contributed by atoms with Crippen molar-refractivity contribution in [2.45, 2.75) is 6.54 Å². The molecule has 0 spiro atoms. The second kappa shape index (κ2) is 6.73. The Morgan fingerprint density at radius 3 is 2.45 bits per heavy atom. The molecule has 1 aromatic carbocycles. The molecule has 0 aliphatic carbocycles. The van der Waals surface area contributed by atoms with E-state index in [2.05, 4.69) is 28.5 Å². The number of nitrogens with zero attached hydrogens (tertiary/aromatic N) is 3. The average Bonchev–Trinajstić information content (AvgIpc) is 3.08. The third-order valence-electron chi connectivity index (χ3n) is 3.88. The zero-order chi connectivity index (χ0) is 15.4. The second-order valence-corrected chi connectivity index (χ2v) is 6.37.